The Hall–Kier alpha value is -1.32. The average Bonchev–Trinajstić information content (AvgIpc) is 2.47. The van der Waals surface area contributed by atoms with Crippen molar-refractivity contribution in [3.63, 3.8) is 0 Å². The molecule has 1 aromatic heterocycles. The predicted octanol–water partition coefficient (Wildman–Crippen LogP) is 1.30. The standard InChI is InChI=1S/C10H16N4/c1-10(2)3-4-14(6-10)9-8(11)5-12-7-13-9/h5,7H,3-4,6,11H2,1-2H3. The van der Waals surface area contributed by atoms with E-state index in [0.717, 1.165) is 18.9 Å². The smallest absolute Gasteiger partial charge is 0.155 e. The molecule has 0 bridgehead atoms. The molecule has 0 unspecified atom stereocenters. The summed E-state index contributed by atoms with van der Waals surface area (Å²) in [6, 6.07) is 0. The van der Waals surface area contributed by atoms with E-state index in [0.29, 0.717) is 11.1 Å². The second kappa shape index (κ2) is 3.12. The molecule has 1 aliphatic rings. The first-order chi connectivity index (χ1) is 6.58. The number of aromatic nitrogens is 2. The highest BCUT2D eigenvalue weighted by Gasteiger charge is 2.30. The summed E-state index contributed by atoms with van der Waals surface area (Å²) in [5.74, 6) is 0.880. The Balaban J connectivity index is 2.22. The highest BCUT2D eigenvalue weighted by atomic mass is 15.2. The minimum absolute atomic E-state index is 0.372. The zero-order valence-electron chi connectivity index (χ0n) is 8.70. The van der Waals surface area contributed by atoms with Crippen LogP contribution >= 0.6 is 0 Å². The monoisotopic (exact) mass is 192 g/mol. The number of nitrogen functional groups attached to an aromatic ring is 1. The van der Waals surface area contributed by atoms with Crippen LogP contribution in [0.3, 0.4) is 0 Å². The van der Waals surface area contributed by atoms with E-state index in [2.05, 4.69) is 28.7 Å². The van der Waals surface area contributed by atoms with Gasteiger partial charge in [-0.3, -0.25) is 0 Å². The van der Waals surface area contributed by atoms with Crippen molar-refractivity contribution in [1.29, 1.82) is 0 Å². The highest BCUT2D eigenvalue weighted by molar-refractivity contribution is 5.61. The first kappa shape index (κ1) is 9.24. The predicted molar refractivity (Wildman–Crippen MR) is 57.1 cm³/mol. The van der Waals surface area contributed by atoms with E-state index < -0.39 is 0 Å². The van der Waals surface area contributed by atoms with Gasteiger partial charge in [-0.25, -0.2) is 9.97 Å². The summed E-state index contributed by atoms with van der Waals surface area (Å²) in [4.78, 5) is 10.3. The van der Waals surface area contributed by atoms with Crippen LogP contribution in [0.5, 0.6) is 0 Å². The molecule has 0 aromatic carbocycles. The summed E-state index contributed by atoms with van der Waals surface area (Å²) in [6.45, 7) is 6.59. The second-order valence-corrected chi connectivity index (χ2v) is 4.64. The molecule has 1 aliphatic heterocycles. The lowest BCUT2D eigenvalue weighted by molar-refractivity contribution is 0.418. The summed E-state index contributed by atoms with van der Waals surface area (Å²) in [5, 5.41) is 0. The van der Waals surface area contributed by atoms with Gasteiger partial charge in [0.2, 0.25) is 0 Å². The van der Waals surface area contributed by atoms with Gasteiger partial charge in [0, 0.05) is 13.1 Å². The van der Waals surface area contributed by atoms with E-state index in [1.807, 2.05) is 0 Å². The summed E-state index contributed by atoms with van der Waals surface area (Å²) in [5.41, 5.74) is 6.87. The zero-order valence-corrected chi connectivity index (χ0v) is 8.70. The van der Waals surface area contributed by atoms with Crippen molar-refractivity contribution in [3.05, 3.63) is 12.5 Å². The van der Waals surface area contributed by atoms with Crippen molar-refractivity contribution >= 4 is 11.5 Å². The van der Waals surface area contributed by atoms with Gasteiger partial charge in [0.25, 0.3) is 0 Å². The normalized spacial score (nSPS) is 20.0. The van der Waals surface area contributed by atoms with Crippen LogP contribution in [0, 0.1) is 5.41 Å². The Labute approximate surface area is 84.2 Å². The summed E-state index contributed by atoms with van der Waals surface area (Å²) < 4.78 is 0. The Bertz CT molecular complexity index is 335. The minimum Gasteiger partial charge on any atom is -0.394 e. The van der Waals surface area contributed by atoms with Crippen LogP contribution in [-0.2, 0) is 0 Å². The molecule has 1 saturated heterocycles. The Kier molecular flexibility index (Phi) is 2.06. The Morgan fingerprint density at radius 1 is 1.50 bits per heavy atom. The van der Waals surface area contributed by atoms with Crippen molar-refractivity contribution in [2.75, 3.05) is 23.7 Å². The van der Waals surface area contributed by atoms with Gasteiger partial charge in [0.15, 0.2) is 5.82 Å². The Morgan fingerprint density at radius 3 is 2.86 bits per heavy atom. The number of hydrogen-bond acceptors (Lipinski definition) is 4. The molecule has 76 valence electrons. The van der Waals surface area contributed by atoms with Gasteiger partial charge < -0.3 is 10.6 Å². The molecule has 0 radical (unpaired) electrons. The molecule has 0 spiro atoms. The van der Waals surface area contributed by atoms with E-state index in [1.165, 1.54) is 6.42 Å². The summed E-state index contributed by atoms with van der Waals surface area (Å²) in [7, 11) is 0. The quantitative estimate of drug-likeness (QED) is 0.728. The third-order valence-electron chi connectivity index (χ3n) is 2.70. The maximum Gasteiger partial charge on any atom is 0.155 e. The van der Waals surface area contributed by atoms with Gasteiger partial charge in [-0.2, -0.15) is 0 Å². The average molecular weight is 192 g/mol. The van der Waals surface area contributed by atoms with E-state index in [4.69, 9.17) is 5.73 Å². The third kappa shape index (κ3) is 1.64. The molecule has 2 rings (SSSR count). The molecular formula is C10H16N4. The van der Waals surface area contributed by atoms with Crippen molar-refractivity contribution in [2.45, 2.75) is 20.3 Å². The molecule has 2 heterocycles. The fourth-order valence-electron chi connectivity index (χ4n) is 1.89. The first-order valence-electron chi connectivity index (χ1n) is 4.89. The largest absolute Gasteiger partial charge is 0.394 e. The SMILES string of the molecule is CC1(C)CCN(c2ncncc2N)C1. The van der Waals surface area contributed by atoms with Gasteiger partial charge in [-0.15, -0.1) is 0 Å². The van der Waals surface area contributed by atoms with Crippen LogP contribution in [0.15, 0.2) is 12.5 Å². The lowest BCUT2D eigenvalue weighted by atomic mass is 9.93. The van der Waals surface area contributed by atoms with Gasteiger partial charge in [0.1, 0.15) is 6.33 Å². The molecule has 0 saturated carbocycles. The van der Waals surface area contributed by atoms with E-state index in [-0.39, 0.29) is 0 Å². The van der Waals surface area contributed by atoms with Gasteiger partial charge >= 0.3 is 0 Å². The number of rotatable bonds is 1. The minimum atomic E-state index is 0.372. The number of anilines is 2. The zero-order chi connectivity index (χ0) is 10.2. The molecule has 0 amide bonds. The molecule has 4 heteroatoms. The van der Waals surface area contributed by atoms with E-state index >= 15 is 0 Å². The van der Waals surface area contributed by atoms with E-state index in [9.17, 15) is 0 Å². The van der Waals surface area contributed by atoms with Crippen molar-refractivity contribution in [1.82, 2.24) is 9.97 Å². The summed E-state index contributed by atoms with van der Waals surface area (Å²) in [6.07, 6.45) is 4.40. The topological polar surface area (TPSA) is 55.0 Å². The van der Waals surface area contributed by atoms with E-state index in [1.54, 1.807) is 12.5 Å². The van der Waals surface area contributed by atoms with Crippen molar-refractivity contribution in [2.24, 2.45) is 5.41 Å². The molecular weight excluding hydrogens is 176 g/mol. The molecule has 0 atom stereocenters. The van der Waals surface area contributed by atoms with Crippen LogP contribution in [0.4, 0.5) is 11.5 Å². The molecule has 4 nitrogen and oxygen atoms in total. The summed E-state index contributed by atoms with van der Waals surface area (Å²) >= 11 is 0. The number of hydrogen-bond donors (Lipinski definition) is 1. The first-order valence-corrected chi connectivity index (χ1v) is 4.89. The molecule has 1 aromatic rings. The van der Waals surface area contributed by atoms with Crippen molar-refractivity contribution in [3.8, 4) is 0 Å². The second-order valence-electron chi connectivity index (χ2n) is 4.64. The maximum atomic E-state index is 5.82. The van der Waals surface area contributed by atoms with Crippen molar-refractivity contribution < 1.29 is 0 Å². The molecule has 2 N–H and O–H groups in total. The Morgan fingerprint density at radius 2 is 2.29 bits per heavy atom. The van der Waals surface area contributed by atoms with Crippen LogP contribution in [0.1, 0.15) is 20.3 Å². The highest BCUT2D eigenvalue weighted by Crippen LogP contribution is 2.33. The number of nitrogens with zero attached hydrogens (tertiary/aromatic N) is 3. The van der Waals surface area contributed by atoms with Gasteiger partial charge in [-0.1, -0.05) is 13.8 Å². The van der Waals surface area contributed by atoms with Gasteiger partial charge in [-0.05, 0) is 11.8 Å². The number of nitrogens with two attached hydrogens (primary N) is 1. The fourth-order valence-corrected chi connectivity index (χ4v) is 1.89. The molecule has 1 fully saturated rings. The van der Waals surface area contributed by atoms with Crippen LogP contribution in [0.25, 0.3) is 0 Å². The van der Waals surface area contributed by atoms with Crippen LogP contribution in [0.2, 0.25) is 0 Å². The lowest BCUT2D eigenvalue weighted by Crippen LogP contribution is -2.24. The maximum absolute atomic E-state index is 5.82. The lowest BCUT2D eigenvalue weighted by Gasteiger charge is -2.21. The molecule has 0 aliphatic carbocycles. The third-order valence-corrected chi connectivity index (χ3v) is 2.70. The fraction of sp³-hybridized carbons (Fsp3) is 0.600. The van der Waals surface area contributed by atoms with Gasteiger partial charge in [0.05, 0.1) is 11.9 Å². The molecule has 14 heavy (non-hydrogen) atoms. The van der Waals surface area contributed by atoms with Crippen LogP contribution < -0.4 is 10.6 Å². The van der Waals surface area contributed by atoms with Crippen LogP contribution in [-0.4, -0.2) is 23.1 Å².